The lowest BCUT2D eigenvalue weighted by Gasteiger charge is -2.17. The third-order valence-corrected chi connectivity index (χ3v) is 4.57. The zero-order valence-corrected chi connectivity index (χ0v) is 13.1. The Morgan fingerprint density at radius 1 is 0.652 bits per heavy atom. The van der Waals surface area contributed by atoms with Crippen LogP contribution in [0.15, 0.2) is 72.8 Å². The van der Waals surface area contributed by atoms with E-state index in [4.69, 9.17) is 0 Å². The van der Waals surface area contributed by atoms with E-state index in [1.165, 1.54) is 32.7 Å². The molecule has 0 spiro atoms. The third-order valence-electron chi connectivity index (χ3n) is 4.57. The molecule has 0 aromatic heterocycles. The molecule has 4 aromatic carbocycles. The molecule has 4 rings (SSSR count). The number of benzene rings is 4. The standard InChI is InChI=1S/C22H18O/c1-15-10-11-16-6-2-4-8-19(16)21(15)22-18(14-23)13-12-17-7-3-5-9-20(17)22/h2-13,23H,14H2,1H3. The summed E-state index contributed by atoms with van der Waals surface area (Å²) in [5.74, 6) is 0. The number of hydrogen-bond donors (Lipinski definition) is 1. The van der Waals surface area contributed by atoms with Crippen molar-refractivity contribution in [1.29, 1.82) is 0 Å². The molecule has 4 aromatic rings. The summed E-state index contributed by atoms with van der Waals surface area (Å²) in [5.41, 5.74) is 4.58. The Bertz CT molecular complexity index is 1010. The van der Waals surface area contributed by atoms with E-state index in [9.17, 15) is 5.11 Å². The van der Waals surface area contributed by atoms with Gasteiger partial charge in [0.2, 0.25) is 0 Å². The predicted molar refractivity (Wildman–Crippen MR) is 97.5 cm³/mol. The predicted octanol–water partition coefficient (Wildman–Crippen LogP) is 5.46. The first-order chi connectivity index (χ1) is 11.3. The van der Waals surface area contributed by atoms with Crippen LogP contribution in [0.25, 0.3) is 32.7 Å². The molecule has 0 atom stereocenters. The number of rotatable bonds is 2. The van der Waals surface area contributed by atoms with Gasteiger partial charge in [-0.3, -0.25) is 0 Å². The Morgan fingerprint density at radius 3 is 1.87 bits per heavy atom. The normalized spacial score (nSPS) is 11.2. The van der Waals surface area contributed by atoms with Gasteiger partial charge in [0.25, 0.3) is 0 Å². The molecule has 0 saturated heterocycles. The van der Waals surface area contributed by atoms with Crippen molar-refractivity contribution in [2.45, 2.75) is 13.5 Å². The fraction of sp³-hybridized carbons (Fsp3) is 0.0909. The minimum atomic E-state index is 0.0445. The van der Waals surface area contributed by atoms with Gasteiger partial charge in [-0.1, -0.05) is 72.8 Å². The number of hydrogen-bond acceptors (Lipinski definition) is 1. The zero-order chi connectivity index (χ0) is 15.8. The first-order valence-corrected chi connectivity index (χ1v) is 7.90. The molecule has 1 nitrogen and oxygen atoms in total. The average Bonchev–Trinajstić information content (AvgIpc) is 2.61. The number of aliphatic hydroxyl groups is 1. The van der Waals surface area contributed by atoms with Gasteiger partial charge in [-0.25, -0.2) is 0 Å². The molecule has 0 fully saturated rings. The second-order valence-electron chi connectivity index (χ2n) is 5.96. The highest BCUT2D eigenvalue weighted by Gasteiger charge is 2.14. The summed E-state index contributed by atoms with van der Waals surface area (Å²) < 4.78 is 0. The highest BCUT2D eigenvalue weighted by Crippen LogP contribution is 2.38. The molecule has 0 aliphatic rings. The van der Waals surface area contributed by atoms with Gasteiger partial charge in [0, 0.05) is 0 Å². The van der Waals surface area contributed by atoms with E-state index in [0.29, 0.717) is 0 Å². The Morgan fingerprint density at radius 2 is 1.22 bits per heavy atom. The van der Waals surface area contributed by atoms with Gasteiger partial charge in [-0.2, -0.15) is 0 Å². The summed E-state index contributed by atoms with van der Waals surface area (Å²) in [6.07, 6.45) is 0. The monoisotopic (exact) mass is 298 g/mol. The molecule has 0 aliphatic carbocycles. The molecule has 0 unspecified atom stereocenters. The van der Waals surface area contributed by atoms with Crippen molar-refractivity contribution in [3.8, 4) is 11.1 Å². The van der Waals surface area contributed by atoms with Gasteiger partial charge < -0.3 is 5.11 Å². The van der Waals surface area contributed by atoms with E-state index in [1.54, 1.807) is 0 Å². The van der Waals surface area contributed by atoms with Crippen LogP contribution >= 0.6 is 0 Å². The maximum Gasteiger partial charge on any atom is 0.0688 e. The van der Waals surface area contributed by atoms with Crippen molar-refractivity contribution in [1.82, 2.24) is 0 Å². The zero-order valence-electron chi connectivity index (χ0n) is 13.1. The van der Waals surface area contributed by atoms with E-state index >= 15 is 0 Å². The number of aryl methyl sites for hydroxylation is 1. The first kappa shape index (κ1) is 14.0. The summed E-state index contributed by atoms with van der Waals surface area (Å²) in [4.78, 5) is 0. The van der Waals surface area contributed by atoms with E-state index in [1.807, 2.05) is 6.07 Å². The highest BCUT2D eigenvalue weighted by molar-refractivity contribution is 6.07. The topological polar surface area (TPSA) is 20.2 Å². The summed E-state index contributed by atoms with van der Waals surface area (Å²) in [7, 11) is 0. The Labute approximate surface area is 135 Å². The molecule has 1 heteroatoms. The molecule has 112 valence electrons. The van der Waals surface area contributed by atoms with Crippen LogP contribution in [0.3, 0.4) is 0 Å². The Balaban J connectivity index is 2.21. The van der Waals surface area contributed by atoms with Crippen molar-refractivity contribution in [2.75, 3.05) is 0 Å². The largest absolute Gasteiger partial charge is 0.392 e. The van der Waals surface area contributed by atoms with Gasteiger partial charge in [0.05, 0.1) is 6.61 Å². The van der Waals surface area contributed by atoms with Gasteiger partial charge >= 0.3 is 0 Å². The quantitative estimate of drug-likeness (QED) is 0.521. The van der Waals surface area contributed by atoms with Crippen LogP contribution in [0.1, 0.15) is 11.1 Å². The highest BCUT2D eigenvalue weighted by atomic mass is 16.3. The molecule has 1 N–H and O–H groups in total. The molecule has 0 aliphatic heterocycles. The van der Waals surface area contributed by atoms with E-state index < -0.39 is 0 Å². The molecule has 0 radical (unpaired) electrons. The number of aliphatic hydroxyl groups excluding tert-OH is 1. The third kappa shape index (κ3) is 2.21. The summed E-state index contributed by atoms with van der Waals surface area (Å²) in [6, 6.07) is 25.3. The van der Waals surface area contributed by atoms with Crippen molar-refractivity contribution in [2.24, 2.45) is 0 Å². The smallest absolute Gasteiger partial charge is 0.0688 e. The molecule has 0 bridgehead atoms. The van der Waals surface area contributed by atoms with Gasteiger partial charge in [0.1, 0.15) is 0 Å². The fourth-order valence-electron chi connectivity index (χ4n) is 3.46. The van der Waals surface area contributed by atoms with Crippen LogP contribution in [0, 0.1) is 6.92 Å². The van der Waals surface area contributed by atoms with Crippen LogP contribution in [0.2, 0.25) is 0 Å². The molecular weight excluding hydrogens is 280 g/mol. The van der Waals surface area contributed by atoms with Crippen LogP contribution in [-0.2, 0) is 6.61 Å². The minimum absolute atomic E-state index is 0.0445. The van der Waals surface area contributed by atoms with Crippen LogP contribution in [0.5, 0.6) is 0 Å². The van der Waals surface area contributed by atoms with Crippen LogP contribution < -0.4 is 0 Å². The second kappa shape index (κ2) is 5.53. The van der Waals surface area contributed by atoms with Crippen molar-refractivity contribution in [3.05, 3.63) is 83.9 Å². The van der Waals surface area contributed by atoms with E-state index in [0.717, 1.165) is 11.1 Å². The molecule has 0 amide bonds. The SMILES string of the molecule is Cc1ccc2ccccc2c1-c1c(CO)ccc2ccccc12. The molecule has 0 saturated carbocycles. The van der Waals surface area contributed by atoms with Crippen LogP contribution in [0.4, 0.5) is 0 Å². The lowest BCUT2D eigenvalue weighted by atomic mass is 9.88. The van der Waals surface area contributed by atoms with Gasteiger partial charge in [-0.15, -0.1) is 0 Å². The Hall–Kier alpha value is -2.64. The lowest BCUT2D eigenvalue weighted by Crippen LogP contribution is -1.94. The van der Waals surface area contributed by atoms with Gasteiger partial charge in [-0.05, 0) is 50.7 Å². The molecule has 0 heterocycles. The minimum Gasteiger partial charge on any atom is -0.392 e. The summed E-state index contributed by atoms with van der Waals surface area (Å²) in [6.45, 7) is 2.19. The average molecular weight is 298 g/mol. The second-order valence-corrected chi connectivity index (χ2v) is 5.96. The Kier molecular flexibility index (Phi) is 3.36. The van der Waals surface area contributed by atoms with Crippen molar-refractivity contribution < 1.29 is 5.11 Å². The summed E-state index contributed by atoms with van der Waals surface area (Å²) in [5, 5.41) is 14.8. The van der Waals surface area contributed by atoms with Gasteiger partial charge in [0.15, 0.2) is 0 Å². The fourth-order valence-corrected chi connectivity index (χ4v) is 3.46. The number of fused-ring (bicyclic) bond motifs is 2. The van der Waals surface area contributed by atoms with E-state index in [2.05, 4.69) is 73.7 Å². The molecule has 23 heavy (non-hydrogen) atoms. The first-order valence-electron chi connectivity index (χ1n) is 7.90. The van der Waals surface area contributed by atoms with Crippen molar-refractivity contribution in [3.63, 3.8) is 0 Å². The lowest BCUT2D eigenvalue weighted by molar-refractivity contribution is 0.282. The van der Waals surface area contributed by atoms with Crippen LogP contribution in [-0.4, -0.2) is 5.11 Å². The maximum atomic E-state index is 9.90. The summed E-state index contributed by atoms with van der Waals surface area (Å²) >= 11 is 0. The maximum absolute atomic E-state index is 9.90. The molecular formula is C22H18O. The van der Waals surface area contributed by atoms with E-state index in [-0.39, 0.29) is 6.61 Å². The van der Waals surface area contributed by atoms with Crippen molar-refractivity contribution >= 4 is 21.5 Å².